The topological polar surface area (TPSA) is 12.5 Å². The molecule has 0 unspecified atom stereocenters. The van der Waals surface area contributed by atoms with Gasteiger partial charge < -0.3 is 9.64 Å². The quantitative estimate of drug-likeness (QED) is 0.772. The lowest BCUT2D eigenvalue weighted by Crippen LogP contribution is -2.38. The molecule has 2 nitrogen and oxygen atoms in total. The second kappa shape index (κ2) is 5.90. The third-order valence-corrected chi connectivity index (χ3v) is 3.12. The molecular weight excluding hydrogens is 198 g/mol. The van der Waals surface area contributed by atoms with Gasteiger partial charge in [0.15, 0.2) is 0 Å². The van der Waals surface area contributed by atoms with Crippen molar-refractivity contribution >= 4 is 0 Å². The van der Waals surface area contributed by atoms with Gasteiger partial charge >= 0.3 is 0 Å². The zero-order valence-electron chi connectivity index (χ0n) is 10.1. The fraction of sp³-hybridized carbons (Fsp3) is 0.571. The second-order valence-electron chi connectivity index (χ2n) is 4.47. The number of piperidine rings is 1. The molecule has 16 heavy (non-hydrogen) atoms. The van der Waals surface area contributed by atoms with Crippen molar-refractivity contribution in [3.8, 4) is 5.75 Å². The summed E-state index contributed by atoms with van der Waals surface area (Å²) in [6.07, 6.45) is 3.99. The third-order valence-electron chi connectivity index (χ3n) is 3.12. The molecule has 0 radical (unpaired) electrons. The second-order valence-corrected chi connectivity index (χ2v) is 4.47. The molecule has 2 heteroatoms. The Kier molecular flexibility index (Phi) is 4.23. The average Bonchev–Trinajstić information content (AvgIpc) is 2.33. The van der Waals surface area contributed by atoms with Crippen molar-refractivity contribution in [2.75, 3.05) is 19.6 Å². The number of nitrogens with zero attached hydrogens (tertiary/aromatic N) is 1. The number of benzene rings is 1. The molecule has 0 N–H and O–H groups in total. The minimum atomic E-state index is 0.413. The van der Waals surface area contributed by atoms with E-state index in [2.05, 4.69) is 11.8 Å². The van der Waals surface area contributed by atoms with Gasteiger partial charge in [-0.2, -0.15) is 0 Å². The van der Waals surface area contributed by atoms with E-state index in [1.165, 1.54) is 26.1 Å². The molecule has 0 aliphatic carbocycles. The highest BCUT2D eigenvalue weighted by Crippen LogP contribution is 2.18. The van der Waals surface area contributed by atoms with Gasteiger partial charge in [0.25, 0.3) is 0 Å². The van der Waals surface area contributed by atoms with E-state index >= 15 is 0 Å². The summed E-state index contributed by atoms with van der Waals surface area (Å²) < 4.78 is 5.96. The third kappa shape index (κ3) is 3.24. The Balaban J connectivity index is 1.77. The Labute approximate surface area is 98.2 Å². The Morgan fingerprint density at radius 2 is 1.88 bits per heavy atom. The van der Waals surface area contributed by atoms with Gasteiger partial charge in [-0.1, -0.05) is 25.1 Å². The first-order valence-corrected chi connectivity index (χ1v) is 6.32. The molecule has 2 rings (SSSR count). The molecular formula is C14H21NO. The van der Waals surface area contributed by atoms with Crippen LogP contribution in [0.15, 0.2) is 30.3 Å². The maximum absolute atomic E-state index is 5.96. The summed E-state index contributed by atoms with van der Waals surface area (Å²) in [7, 11) is 0. The average molecular weight is 219 g/mol. The summed E-state index contributed by atoms with van der Waals surface area (Å²) in [5, 5.41) is 0. The molecule has 88 valence electrons. The van der Waals surface area contributed by atoms with Crippen molar-refractivity contribution in [1.82, 2.24) is 4.90 Å². The molecule has 1 aromatic carbocycles. The summed E-state index contributed by atoms with van der Waals surface area (Å²) in [5.41, 5.74) is 0. The molecule has 1 aliphatic heterocycles. The fourth-order valence-corrected chi connectivity index (χ4v) is 2.26. The Morgan fingerprint density at radius 3 is 2.50 bits per heavy atom. The molecule has 0 amide bonds. The molecule has 0 atom stereocenters. The van der Waals surface area contributed by atoms with E-state index in [4.69, 9.17) is 4.74 Å². The zero-order chi connectivity index (χ0) is 11.2. The predicted octanol–water partition coefficient (Wildman–Crippen LogP) is 2.94. The van der Waals surface area contributed by atoms with Crippen molar-refractivity contribution in [3.05, 3.63) is 30.3 Å². The molecule has 0 bridgehead atoms. The molecule has 1 aromatic rings. The van der Waals surface area contributed by atoms with Gasteiger partial charge in [-0.15, -0.1) is 0 Å². The van der Waals surface area contributed by atoms with Crippen LogP contribution in [0.1, 0.15) is 26.2 Å². The van der Waals surface area contributed by atoms with Gasteiger partial charge in [0, 0.05) is 13.1 Å². The molecule has 0 spiro atoms. The van der Waals surface area contributed by atoms with Crippen LogP contribution in [0.25, 0.3) is 0 Å². The number of rotatable bonds is 4. The van der Waals surface area contributed by atoms with Crippen LogP contribution < -0.4 is 4.74 Å². The van der Waals surface area contributed by atoms with Crippen LogP contribution in [0, 0.1) is 0 Å². The van der Waals surface area contributed by atoms with E-state index in [0.29, 0.717) is 6.10 Å². The van der Waals surface area contributed by atoms with Crippen LogP contribution >= 0.6 is 0 Å². The molecule has 0 saturated carbocycles. The largest absolute Gasteiger partial charge is 0.490 e. The fourth-order valence-electron chi connectivity index (χ4n) is 2.26. The highest BCUT2D eigenvalue weighted by molar-refractivity contribution is 5.21. The number of hydrogen-bond donors (Lipinski definition) is 0. The highest BCUT2D eigenvalue weighted by Gasteiger charge is 2.19. The number of ether oxygens (including phenoxy) is 1. The molecule has 1 saturated heterocycles. The smallest absolute Gasteiger partial charge is 0.119 e. The van der Waals surface area contributed by atoms with Gasteiger partial charge in [0.1, 0.15) is 11.9 Å². The van der Waals surface area contributed by atoms with E-state index in [0.717, 1.165) is 18.6 Å². The first-order chi connectivity index (χ1) is 7.88. The lowest BCUT2D eigenvalue weighted by atomic mass is 10.1. The van der Waals surface area contributed by atoms with Crippen LogP contribution in [0.4, 0.5) is 0 Å². The number of likely N-dealkylation sites (tertiary alicyclic amines) is 1. The van der Waals surface area contributed by atoms with Crippen molar-refractivity contribution in [2.24, 2.45) is 0 Å². The molecule has 0 aromatic heterocycles. The van der Waals surface area contributed by atoms with Crippen LogP contribution in [0.3, 0.4) is 0 Å². The zero-order valence-corrected chi connectivity index (χ0v) is 10.1. The lowest BCUT2D eigenvalue weighted by molar-refractivity contribution is 0.101. The van der Waals surface area contributed by atoms with Gasteiger partial charge in [-0.25, -0.2) is 0 Å². The first kappa shape index (κ1) is 11.5. The van der Waals surface area contributed by atoms with E-state index in [-0.39, 0.29) is 0 Å². The Morgan fingerprint density at radius 1 is 1.19 bits per heavy atom. The van der Waals surface area contributed by atoms with Crippen LogP contribution in [0.2, 0.25) is 0 Å². The van der Waals surface area contributed by atoms with Gasteiger partial charge in [0.05, 0.1) is 0 Å². The van der Waals surface area contributed by atoms with Gasteiger partial charge in [-0.3, -0.25) is 0 Å². The first-order valence-electron chi connectivity index (χ1n) is 6.32. The summed E-state index contributed by atoms with van der Waals surface area (Å²) in [6, 6.07) is 10.2. The maximum atomic E-state index is 5.96. The molecule has 1 fully saturated rings. The summed E-state index contributed by atoms with van der Waals surface area (Å²) >= 11 is 0. The minimum Gasteiger partial charge on any atom is -0.490 e. The van der Waals surface area contributed by atoms with E-state index in [1.54, 1.807) is 0 Å². The maximum Gasteiger partial charge on any atom is 0.119 e. The van der Waals surface area contributed by atoms with Gasteiger partial charge in [0.2, 0.25) is 0 Å². The summed E-state index contributed by atoms with van der Waals surface area (Å²) in [4.78, 5) is 2.53. The Hall–Kier alpha value is -1.02. The van der Waals surface area contributed by atoms with Crippen LogP contribution in [-0.4, -0.2) is 30.6 Å². The van der Waals surface area contributed by atoms with Crippen molar-refractivity contribution in [3.63, 3.8) is 0 Å². The van der Waals surface area contributed by atoms with Crippen molar-refractivity contribution in [1.29, 1.82) is 0 Å². The predicted molar refractivity (Wildman–Crippen MR) is 66.8 cm³/mol. The summed E-state index contributed by atoms with van der Waals surface area (Å²) in [5.74, 6) is 1.01. The lowest BCUT2D eigenvalue weighted by Gasteiger charge is -2.31. The normalized spacial score (nSPS) is 18.6. The van der Waals surface area contributed by atoms with E-state index in [1.807, 2.05) is 30.3 Å². The van der Waals surface area contributed by atoms with E-state index < -0.39 is 0 Å². The Bertz CT molecular complexity index is 291. The molecule has 1 aliphatic rings. The van der Waals surface area contributed by atoms with Crippen LogP contribution in [0.5, 0.6) is 5.75 Å². The standard InChI is InChI=1S/C14H21NO/c1-2-10-15-11-8-14(9-12-15)16-13-6-4-3-5-7-13/h3-7,14H,2,8-12H2,1H3. The van der Waals surface area contributed by atoms with Crippen molar-refractivity contribution in [2.45, 2.75) is 32.3 Å². The minimum absolute atomic E-state index is 0.413. The van der Waals surface area contributed by atoms with Crippen molar-refractivity contribution < 1.29 is 4.74 Å². The van der Waals surface area contributed by atoms with E-state index in [9.17, 15) is 0 Å². The van der Waals surface area contributed by atoms with Crippen LogP contribution in [-0.2, 0) is 0 Å². The monoisotopic (exact) mass is 219 g/mol. The number of para-hydroxylation sites is 1. The SMILES string of the molecule is CCCN1CCC(Oc2ccccc2)CC1. The molecule has 1 heterocycles. The summed E-state index contributed by atoms with van der Waals surface area (Å²) in [6.45, 7) is 5.85. The number of hydrogen-bond acceptors (Lipinski definition) is 2. The highest BCUT2D eigenvalue weighted by atomic mass is 16.5. The van der Waals surface area contributed by atoms with Gasteiger partial charge in [-0.05, 0) is 37.9 Å².